The molecule has 1 aliphatic rings. The van der Waals surface area contributed by atoms with Gasteiger partial charge in [-0.3, -0.25) is 9.59 Å². The van der Waals surface area contributed by atoms with Crippen LogP contribution < -0.4 is 5.32 Å². The number of fused-ring (bicyclic) bond motifs is 1. The smallest absolute Gasteiger partial charge is 0.217 e. The number of aliphatic hydroxyl groups is 1. The summed E-state index contributed by atoms with van der Waals surface area (Å²) < 4.78 is 0. The molecule has 0 radical (unpaired) electrons. The summed E-state index contributed by atoms with van der Waals surface area (Å²) >= 11 is 0. The summed E-state index contributed by atoms with van der Waals surface area (Å²) in [5.74, 6) is -0.465. The van der Waals surface area contributed by atoms with Crippen molar-refractivity contribution >= 4 is 22.6 Å². The molecule has 1 heterocycles. The third-order valence-corrected chi connectivity index (χ3v) is 7.86. The normalized spacial score (nSPS) is 18.2. The van der Waals surface area contributed by atoms with Crippen LogP contribution in [0.25, 0.3) is 10.9 Å². The first kappa shape index (κ1) is 26.5. The largest absolute Gasteiger partial charge is 0.511 e. The Morgan fingerprint density at radius 1 is 1.03 bits per heavy atom. The van der Waals surface area contributed by atoms with Crippen LogP contribution in [-0.2, 0) is 22.4 Å². The van der Waals surface area contributed by atoms with Gasteiger partial charge in [0.1, 0.15) is 5.76 Å². The number of aromatic nitrogens is 1. The molecule has 2 unspecified atom stereocenters. The number of allylic oxidation sites excluding steroid dienone is 2. The number of benzene rings is 3. The van der Waals surface area contributed by atoms with Gasteiger partial charge in [0.2, 0.25) is 5.91 Å². The van der Waals surface area contributed by atoms with Crippen molar-refractivity contribution in [3.8, 4) is 0 Å². The number of carbonyl (C=O) groups excluding carboxylic acids is 2. The maximum atomic E-state index is 14.0. The average Bonchev–Trinajstić information content (AvgIpc) is 3.22. The lowest BCUT2D eigenvalue weighted by Gasteiger charge is -2.41. The number of carbonyl (C=O) groups is 2. The Hall–Kier alpha value is -4.12. The molecule has 2 atom stereocenters. The number of hydrogen-bond donors (Lipinski definition) is 3. The molecule has 5 heteroatoms. The molecule has 0 aliphatic heterocycles. The van der Waals surface area contributed by atoms with Crippen LogP contribution in [0.4, 0.5) is 0 Å². The van der Waals surface area contributed by atoms with Gasteiger partial charge in [0.15, 0.2) is 5.78 Å². The lowest BCUT2D eigenvalue weighted by atomic mass is 9.61. The number of rotatable bonds is 8. The Kier molecular flexibility index (Phi) is 6.71. The zero-order valence-corrected chi connectivity index (χ0v) is 23.3. The van der Waals surface area contributed by atoms with Gasteiger partial charge in [0.05, 0.1) is 11.3 Å². The molecule has 0 fully saturated rings. The number of Topliss-reactive ketones (excluding diaryl/α,β-unsaturated/α-hetero) is 1. The topological polar surface area (TPSA) is 82.2 Å². The Morgan fingerprint density at radius 3 is 2.28 bits per heavy atom. The standard InChI is InChI=1S/C34H36N2O3/c1-21-16-17-25-26(20-33(3,4)36-22(2)37)30(35-27(25)18-21)28(24-14-10-7-11-15-24)29-31(38)34(5,32(29)39)19-23-12-8-6-9-13-23/h6-18,28,35,38H,19-20H2,1-5H3,(H,36,37). The minimum Gasteiger partial charge on any atom is -0.511 e. The van der Waals surface area contributed by atoms with Gasteiger partial charge in [0.25, 0.3) is 0 Å². The van der Waals surface area contributed by atoms with Gasteiger partial charge in [-0.1, -0.05) is 72.8 Å². The van der Waals surface area contributed by atoms with Gasteiger partial charge in [-0.05, 0) is 68.9 Å². The maximum absolute atomic E-state index is 14.0. The third-order valence-electron chi connectivity index (χ3n) is 7.86. The zero-order valence-electron chi connectivity index (χ0n) is 23.3. The van der Waals surface area contributed by atoms with E-state index in [1.54, 1.807) is 0 Å². The molecule has 5 nitrogen and oxygen atoms in total. The SMILES string of the molecule is CC(=O)NC(C)(C)Cc1c(C(C2=C(O)C(C)(Cc3ccccc3)C2=O)c2ccccc2)[nH]c2cc(C)ccc12. The van der Waals surface area contributed by atoms with Crippen molar-refractivity contribution in [2.24, 2.45) is 5.41 Å². The molecular weight excluding hydrogens is 484 g/mol. The van der Waals surface area contributed by atoms with Crippen molar-refractivity contribution in [2.75, 3.05) is 0 Å². The van der Waals surface area contributed by atoms with Gasteiger partial charge < -0.3 is 15.4 Å². The van der Waals surface area contributed by atoms with Crippen LogP contribution in [0.2, 0.25) is 0 Å². The minimum absolute atomic E-state index is 0.0420. The van der Waals surface area contributed by atoms with Gasteiger partial charge in [-0.25, -0.2) is 0 Å². The molecule has 0 saturated heterocycles. The van der Waals surface area contributed by atoms with E-state index < -0.39 is 16.9 Å². The zero-order chi connectivity index (χ0) is 27.9. The molecule has 39 heavy (non-hydrogen) atoms. The fourth-order valence-corrected chi connectivity index (χ4v) is 6.10. The number of aliphatic hydroxyl groups excluding tert-OH is 1. The van der Waals surface area contributed by atoms with E-state index in [0.717, 1.165) is 38.9 Å². The minimum atomic E-state index is -0.970. The number of aryl methyl sites for hydroxylation is 1. The van der Waals surface area contributed by atoms with Crippen LogP contribution in [0.15, 0.2) is 90.2 Å². The fraction of sp³-hybridized carbons (Fsp3) is 0.294. The summed E-state index contributed by atoms with van der Waals surface area (Å²) in [5.41, 5.74) is 4.87. The van der Waals surface area contributed by atoms with E-state index in [0.29, 0.717) is 18.4 Å². The second-order valence-corrected chi connectivity index (χ2v) is 11.7. The van der Waals surface area contributed by atoms with Crippen LogP contribution in [-0.4, -0.2) is 27.3 Å². The van der Waals surface area contributed by atoms with Crippen LogP contribution >= 0.6 is 0 Å². The lowest BCUT2D eigenvalue weighted by molar-refractivity contribution is -0.128. The molecule has 4 aromatic rings. The number of ketones is 1. The van der Waals surface area contributed by atoms with Crippen molar-refractivity contribution in [3.05, 3.63) is 118 Å². The first-order valence-corrected chi connectivity index (χ1v) is 13.5. The molecule has 0 spiro atoms. The Bertz CT molecular complexity index is 1580. The Labute approximate surface area is 230 Å². The predicted molar refractivity (Wildman–Crippen MR) is 156 cm³/mol. The van der Waals surface area contributed by atoms with E-state index in [4.69, 9.17) is 0 Å². The summed E-state index contributed by atoms with van der Waals surface area (Å²) in [6.07, 6.45) is 0.996. The fourth-order valence-electron chi connectivity index (χ4n) is 6.10. The van der Waals surface area contributed by atoms with Crippen LogP contribution in [0.1, 0.15) is 61.6 Å². The molecule has 0 bridgehead atoms. The predicted octanol–water partition coefficient (Wildman–Crippen LogP) is 6.71. The lowest BCUT2D eigenvalue weighted by Crippen LogP contribution is -2.46. The van der Waals surface area contributed by atoms with E-state index in [-0.39, 0.29) is 17.4 Å². The average molecular weight is 521 g/mol. The number of aromatic amines is 1. The summed E-state index contributed by atoms with van der Waals surface area (Å²) in [5, 5.41) is 15.7. The molecule has 3 aromatic carbocycles. The molecule has 200 valence electrons. The van der Waals surface area contributed by atoms with Crippen molar-refractivity contribution < 1.29 is 14.7 Å². The van der Waals surface area contributed by atoms with Crippen molar-refractivity contribution in [1.82, 2.24) is 10.3 Å². The maximum Gasteiger partial charge on any atom is 0.217 e. The van der Waals surface area contributed by atoms with E-state index in [2.05, 4.69) is 28.5 Å². The van der Waals surface area contributed by atoms with Gasteiger partial charge in [0, 0.05) is 34.6 Å². The molecule has 1 amide bonds. The van der Waals surface area contributed by atoms with Crippen LogP contribution in [0.5, 0.6) is 0 Å². The van der Waals surface area contributed by atoms with Gasteiger partial charge in [-0.2, -0.15) is 0 Å². The monoisotopic (exact) mass is 520 g/mol. The number of hydrogen-bond acceptors (Lipinski definition) is 3. The number of H-pyrrole nitrogens is 1. The summed E-state index contributed by atoms with van der Waals surface area (Å²) in [7, 11) is 0. The third kappa shape index (κ3) is 4.89. The van der Waals surface area contributed by atoms with Crippen molar-refractivity contribution in [1.29, 1.82) is 0 Å². The van der Waals surface area contributed by atoms with E-state index in [9.17, 15) is 14.7 Å². The first-order valence-electron chi connectivity index (χ1n) is 13.5. The van der Waals surface area contributed by atoms with Crippen LogP contribution in [0.3, 0.4) is 0 Å². The van der Waals surface area contributed by atoms with E-state index in [1.807, 2.05) is 88.4 Å². The Morgan fingerprint density at radius 2 is 1.67 bits per heavy atom. The highest BCUT2D eigenvalue weighted by Gasteiger charge is 2.53. The number of nitrogens with one attached hydrogen (secondary N) is 2. The summed E-state index contributed by atoms with van der Waals surface area (Å²) in [4.78, 5) is 29.6. The van der Waals surface area contributed by atoms with Crippen molar-refractivity contribution in [3.63, 3.8) is 0 Å². The highest BCUT2D eigenvalue weighted by atomic mass is 16.3. The molecule has 0 saturated carbocycles. The Balaban J connectivity index is 1.69. The van der Waals surface area contributed by atoms with Crippen LogP contribution in [0, 0.1) is 12.3 Å². The second-order valence-electron chi connectivity index (χ2n) is 11.7. The van der Waals surface area contributed by atoms with E-state index in [1.165, 1.54) is 6.92 Å². The molecule has 1 aromatic heterocycles. The summed E-state index contributed by atoms with van der Waals surface area (Å²) in [6.45, 7) is 9.42. The van der Waals surface area contributed by atoms with Crippen molar-refractivity contribution in [2.45, 2.75) is 58.9 Å². The quantitative estimate of drug-likeness (QED) is 0.241. The number of amides is 1. The molecule has 1 aliphatic carbocycles. The first-order chi connectivity index (χ1) is 18.5. The second kappa shape index (κ2) is 9.88. The van der Waals surface area contributed by atoms with Gasteiger partial charge >= 0.3 is 0 Å². The van der Waals surface area contributed by atoms with Gasteiger partial charge in [-0.15, -0.1) is 0 Å². The van der Waals surface area contributed by atoms with E-state index >= 15 is 0 Å². The molecule has 5 rings (SSSR count). The highest BCUT2D eigenvalue weighted by molar-refractivity contribution is 6.11. The summed E-state index contributed by atoms with van der Waals surface area (Å²) in [6, 6.07) is 26.0. The highest BCUT2D eigenvalue weighted by Crippen LogP contribution is 2.52. The molecular formula is C34H36N2O3. The molecule has 3 N–H and O–H groups in total.